The van der Waals surface area contributed by atoms with Crippen molar-refractivity contribution in [3.8, 4) is 10.7 Å². The zero-order valence-electron chi connectivity index (χ0n) is 12.0. The molecule has 0 aliphatic rings. The van der Waals surface area contributed by atoms with Gasteiger partial charge in [-0.1, -0.05) is 28.3 Å². The maximum Gasteiger partial charge on any atom is 0.237 e. The van der Waals surface area contributed by atoms with E-state index in [-0.39, 0.29) is 0 Å². The van der Waals surface area contributed by atoms with Crippen LogP contribution in [0.2, 0.25) is 0 Å². The van der Waals surface area contributed by atoms with Crippen molar-refractivity contribution in [2.24, 2.45) is 0 Å². The van der Waals surface area contributed by atoms with Crippen LogP contribution >= 0.6 is 50.4 Å². The van der Waals surface area contributed by atoms with E-state index in [2.05, 4.69) is 41.6 Å². The molecule has 3 aromatic heterocycles. The number of hydrogen-bond acceptors (Lipinski definition) is 10. The number of nitrogens with one attached hydrogen (secondary N) is 1. The highest BCUT2D eigenvalue weighted by Gasteiger charge is 2.12. The summed E-state index contributed by atoms with van der Waals surface area (Å²) < 4.78 is 12.1. The summed E-state index contributed by atoms with van der Waals surface area (Å²) in [5.41, 5.74) is 0. The number of thiophene rings is 1. The summed E-state index contributed by atoms with van der Waals surface area (Å²) >= 11 is 7.99. The van der Waals surface area contributed by atoms with Crippen molar-refractivity contribution in [3.63, 3.8) is 0 Å². The minimum atomic E-state index is 0.562. The Morgan fingerprint density at radius 3 is 3.13 bits per heavy atom. The fourth-order valence-electron chi connectivity index (χ4n) is 1.57. The quantitative estimate of drug-likeness (QED) is 0.424. The summed E-state index contributed by atoms with van der Waals surface area (Å²) in [7, 11) is 1.66. The van der Waals surface area contributed by atoms with E-state index in [0.717, 1.165) is 18.8 Å². The first-order chi connectivity index (χ1) is 11.2. The maximum absolute atomic E-state index is 5.27. The second-order valence-corrected chi connectivity index (χ2v) is 8.25. The number of aromatic nitrogens is 4. The maximum atomic E-state index is 5.27. The first-order valence-corrected chi connectivity index (χ1v) is 9.98. The Bertz CT molecular complexity index is 759. The summed E-state index contributed by atoms with van der Waals surface area (Å²) in [5, 5.41) is 18.1. The lowest BCUT2D eigenvalue weighted by Gasteiger charge is -1.98. The molecule has 3 rings (SSSR count). The average molecular weight is 434 g/mol. The van der Waals surface area contributed by atoms with Crippen molar-refractivity contribution in [2.45, 2.75) is 10.1 Å². The summed E-state index contributed by atoms with van der Waals surface area (Å²) in [6, 6.07) is 1.97. The number of anilines is 1. The number of ether oxygens (including phenoxy) is 1. The van der Waals surface area contributed by atoms with Crippen molar-refractivity contribution < 1.29 is 9.26 Å². The van der Waals surface area contributed by atoms with Gasteiger partial charge in [-0.3, -0.25) is 0 Å². The van der Waals surface area contributed by atoms with Crippen molar-refractivity contribution in [3.05, 3.63) is 21.8 Å². The topological polar surface area (TPSA) is 86.0 Å². The highest BCUT2D eigenvalue weighted by atomic mass is 79.9. The zero-order chi connectivity index (χ0) is 16.1. The highest BCUT2D eigenvalue weighted by Crippen LogP contribution is 2.30. The molecule has 0 saturated carbocycles. The number of hydrogen-bond donors (Lipinski definition) is 1. The molecular weight excluding hydrogens is 422 g/mol. The fourth-order valence-corrected chi connectivity index (χ4v) is 4.53. The van der Waals surface area contributed by atoms with Gasteiger partial charge in [-0.15, -0.1) is 21.5 Å². The number of rotatable bonds is 8. The first kappa shape index (κ1) is 16.8. The lowest BCUT2D eigenvalue weighted by atomic mass is 10.4. The minimum absolute atomic E-state index is 0.562. The van der Waals surface area contributed by atoms with E-state index < -0.39 is 0 Å². The van der Waals surface area contributed by atoms with Gasteiger partial charge in [0, 0.05) is 23.5 Å². The average Bonchev–Trinajstić information content (AvgIpc) is 3.26. The fraction of sp³-hybridized carbons (Fsp3) is 0.333. The molecule has 0 amide bonds. The highest BCUT2D eigenvalue weighted by molar-refractivity contribution is 9.10. The van der Waals surface area contributed by atoms with Gasteiger partial charge in [0.2, 0.25) is 16.8 Å². The number of halogens is 1. The minimum Gasteiger partial charge on any atom is -0.383 e. The van der Waals surface area contributed by atoms with Gasteiger partial charge in [-0.05, 0) is 22.0 Å². The molecule has 3 heterocycles. The molecule has 11 heteroatoms. The third-order valence-electron chi connectivity index (χ3n) is 2.56. The number of thioether (sulfide) groups is 1. The van der Waals surface area contributed by atoms with Crippen molar-refractivity contribution in [1.82, 2.24) is 20.3 Å². The molecule has 0 aromatic carbocycles. The van der Waals surface area contributed by atoms with Crippen LogP contribution in [0.25, 0.3) is 10.7 Å². The molecule has 1 N–H and O–H groups in total. The van der Waals surface area contributed by atoms with E-state index in [4.69, 9.17) is 9.26 Å². The normalized spacial score (nSPS) is 11.0. The van der Waals surface area contributed by atoms with Gasteiger partial charge in [0.05, 0.1) is 17.2 Å². The van der Waals surface area contributed by atoms with Crippen LogP contribution in [0.1, 0.15) is 5.89 Å². The van der Waals surface area contributed by atoms with E-state index >= 15 is 0 Å². The third kappa shape index (κ3) is 4.73. The van der Waals surface area contributed by atoms with Crippen LogP contribution in [-0.2, 0) is 10.5 Å². The van der Waals surface area contributed by atoms with E-state index in [0.29, 0.717) is 30.6 Å². The second-order valence-electron chi connectivity index (χ2n) is 4.22. The van der Waals surface area contributed by atoms with Gasteiger partial charge in [0.1, 0.15) is 0 Å². The van der Waals surface area contributed by atoms with Gasteiger partial charge in [-0.25, -0.2) is 0 Å². The SMILES string of the molecule is COCCNc1nnc(SCc2nc(-c3cc(Br)cs3)no2)s1. The Morgan fingerprint density at radius 2 is 2.35 bits per heavy atom. The Balaban J connectivity index is 1.53. The van der Waals surface area contributed by atoms with E-state index in [1.54, 1.807) is 18.4 Å². The second kappa shape index (κ2) is 8.20. The van der Waals surface area contributed by atoms with E-state index in [1.807, 2.05) is 11.4 Å². The van der Waals surface area contributed by atoms with Gasteiger partial charge in [-0.2, -0.15) is 4.98 Å². The monoisotopic (exact) mass is 433 g/mol. The first-order valence-electron chi connectivity index (χ1n) is 6.50. The van der Waals surface area contributed by atoms with Gasteiger partial charge in [0.25, 0.3) is 0 Å². The summed E-state index contributed by atoms with van der Waals surface area (Å²) in [5.74, 6) is 1.74. The molecule has 0 atom stereocenters. The molecule has 3 aromatic rings. The largest absolute Gasteiger partial charge is 0.383 e. The predicted octanol–water partition coefficient (Wildman–Crippen LogP) is 3.76. The van der Waals surface area contributed by atoms with Crippen LogP contribution in [0.3, 0.4) is 0 Å². The molecule has 0 bridgehead atoms. The Kier molecular flexibility index (Phi) is 6.00. The lowest BCUT2D eigenvalue weighted by molar-refractivity contribution is 0.211. The van der Waals surface area contributed by atoms with Crippen molar-refractivity contribution in [1.29, 1.82) is 0 Å². The van der Waals surface area contributed by atoms with Crippen LogP contribution in [0.15, 0.2) is 24.8 Å². The lowest BCUT2D eigenvalue weighted by Crippen LogP contribution is -2.06. The smallest absolute Gasteiger partial charge is 0.237 e. The van der Waals surface area contributed by atoms with Crippen LogP contribution in [0, 0.1) is 0 Å². The van der Waals surface area contributed by atoms with E-state index in [1.165, 1.54) is 23.1 Å². The molecular formula is C12H12BrN5O2S3. The molecule has 0 aliphatic heterocycles. The van der Waals surface area contributed by atoms with Crippen LogP contribution in [0.4, 0.5) is 5.13 Å². The molecule has 0 aliphatic carbocycles. The number of methoxy groups -OCH3 is 1. The Morgan fingerprint density at radius 1 is 1.43 bits per heavy atom. The molecule has 23 heavy (non-hydrogen) atoms. The molecule has 122 valence electrons. The van der Waals surface area contributed by atoms with Gasteiger partial charge in [0.15, 0.2) is 4.34 Å². The zero-order valence-corrected chi connectivity index (χ0v) is 16.0. The molecule has 0 saturated heterocycles. The molecule has 0 radical (unpaired) electrons. The molecule has 7 nitrogen and oxygen atoms in total. The summed E-state index contributed by atoms with van der Waals surface area (Å²) in [6.07, 6.45) is 0. The van der Waals surface area contributed by atoms with Crippen LogP contribution in [0.5, 0.6) is 0 Å². The van der Waals surface area contributed by atoms with Crippen LogP contribution < -0.4 is 5.32 Å². The summed E-state index contributed by atoms with van der Waals surface area (Å²) in [4.78, 5) is 5.36. The standard InChI is InChI=1S/C12H12BrN5O2S3/c1-19-3-2-14-11-16-17-12(23-11)22-6-9-15-10(18-20-9)8-4-7(13)5-21-8/h4-5H,2-3,6H2,1H3,(H,14,16). The molecule has 0 fully saturated rings. The molecule has 0 unspecified atom stereocenters. The summed E-state index contributed by atoms with van der Waals surface area (Å²) in [6.45, 7) is 1.34. The third-order valence-corrected chi connectivity index (χ3v) is 6.25. The Labute approximate surface area is 153 Å². The van der Waals surface area contributed by atoms with Gasteiger partial charge >= 0.3 is 0 Å². The van der Waals surface area contributed by atoms with Crippen molar-refractivity contribution >= 4 is 55.5 Å². The van der Waals surface area contributed by atoms with Gasteiger partial charge < -0.3 is 14.6 Å². The molecule has 0 spiro atoms. The Hall–Kier alpha value is -1.01. The van der Waals surface area contributed by atoms with Crippen molar-refractivity contribution in [2.75, 3.05) is 25.6 Å². The van der Waals surface area contributed by atoms with E-state index in [9.17, 15) is 0 Å². The predicted molar refractivity (Wildman–Crippen MR) is 95.1 cm³/mol. The van der Waals surface area contributed by atoms with Crippen LogP contribution in [-0.4, -0.2) is 40.6 Å². The number of nitrogens with zero attached hydrogens (tertiary/aromatic N) is 4.